The minimum atomic E-state index is 0.0668. The Morgan fingerprint density at radius 2 is 2.00 bits per heavy atom. The Hall–Kier alpha value is -0.840. The van der Waals surface area contributed by atoms with E-state index in [9.17, 15) is 5.11 Å². The van der Waals surface area contributed by atoms with Crippen LogP contribution in [0.2, 0.25) is 0 Å². The average Bonchev–Trinajstić information content (AvgIpc) is 2.73. The van der Waals surface area contributed by atoms with E-state index < -0.39 is 0 Å². The third-order valence-corrected chi connectivity index (χ3v) is 3.89. The Kier molecular flexibility index (Phi) is 3.98. The van der Waals surface area contributed by atoms with Crippen molar-refractivity contribution in [3.63, 3.8) is 0 Å². The van der Waals surface area contributed by atoms with Gasteiger partial charge in [-0.2, -0.15) is 0 Å². The molecule has 0 amide bonds. The number of nitrogens with one attached hydrogen (secondary N) is 1. The van der Waals surface area contributed by atoms with Gasteiger partial charge in [-0.05, 0) is 34.1 Å². The minimum absolute atomic E-state index is 0.0668. The summed E-state index contributed by atoms with van der Waals surface area (Å²) in [6.45, 7) is 0.852. The van der Waals surface area contributed by atoms with Gasteiger partial charge in [-0.15, -0.1) is 11.3 Å². The van der Waals surface area contributed by atoms with Crippen molar-refractivity contribution in [2.24, 2.45) is 0 Å². The largest absolute Gasteiger partial charge is 0.392 e. The van der Waals surface area contributed by atoms with E-state index in [4.69, 9.17) is 0 Å². The van der Waals surface area contributed by atoms with E-state index in [-0.39, 0.29) is 6.61 Å². The highest BCUT2D eigenvalue weighted by Gasteiger charge is 2.01. The number of benzene rings is 1. The van der Waals surface area contributed by atoms with Gasteiger partial charge in [-0.1, -0.05) is 18.2 Å². The van der Waals surface area contributed by atoms with Gasteiger partial charge in [0.15, 0.2) is 0 Å². The number of hydrogen-bond donors (Lipinski definition) is 2. The topological polar surface area (TPSA) is 32.3 Å². The molecule has 1 aromatic heterocycles. The Morgan fingerprint density at radius 1 is 1.19 bits per heavy atom. The van der Waals surface area contributed by atoms with Gasteiger partial charge in [-0.25, -0.2) is 0 Å². The molecule has 0 saturated heterocycles. The van der Waals surface area contributed by atoms with Crippen molar-refractivity contribution in [2.45, 2.75) is 13.2 Å². The van der Waals surface area contributed by atoms with Crippen LogP contribution in [0.25, 0.3) is 0 Å². The second kappa shape index (κ2) is 5.48. The number of aliphatic hydroxyl groups is 1. The predicted molar refractivity (Wildman–Crippen MR) is 71.7 cm³/mol. The van der Waals surface area contributed by atoms with Crippen molar-refractivity contribution >= 4 is 33.0 Å². The van der Waals surface area contributed by atoms with Crippen molar-refractivity contribution in [1.82, 2.24) is 0 Å². The van der Waals surface area contributed by atoms with Gasteiger partial charge in [0.2, 0.25) is 0 Å². The molecule has 0 aliphatic heterocycles. The zero-order chi connectivity index (χ0) is 11.4. The van der Waals surface area contributed by atoms with Crippen LogP contribution < -0.4 is 5.32 Å². The summed E-state index contributed by atoms with van der Waals surface area (Å²) in [5.41, 5.74) is 1.92. The number of thiophene rings is 1. The van der Waals surface area contributed by atoms with E-state index in [0.29, 0.717) is 0 Å². The highest BCUT2D eigenvalue weighted by atomic mass is 79.9. The smallest absolute Gasteiger partial charge is 0.0702 e. The van der Waals surface area contributed by atoms with Gasteiger partial charge in [0.05, 0.1) is 10.4 Å². The first-order valence-corrected chi connectivity index (χ1v) is 6.57. The zero-order valence-corrected chi connectivity index (χ0v) is 11.0. The molecule has 0 aliphatic rings. The molecule has 0 spiro atoms. The second-order valence-electron chi connectivity index (χ2n) is 3.37. The standard InChI is InChI=1S/C12H12BrNOS/c13-12-6-5-10(16-12)7-14-11-4-2-1-3-9(11)8-15/h1-6,14-15H,7-8H2. The summed E-state index contributed by atoms with van der Waals surface area (Å²) in [6, 6.07) is 11.9. The molecule has 0 unspecified atom stereocenters. The third kappa shape index (κ3) is 2.84. The molecule has 84 valence electrons. The highest BCUT2D eigenvalue weighted by molar-refractivity contribution is 9.11. The molecule has 2 aromatic rings. The van der Waals surface area contributed by atoms with Crippen molar-refractivity contribution in [1.29, 1.82) is 0 Å². The van der Waals surface area contributed by atoms with Gasteiger partial charge < -0.3 is 10.4 Å². The molecule has 1 heterocycles. The van der Waals surface area contributed by atoms with Crippen LogP contribution in [0.3, 0.4) is 0 Å². The van der Waals surface area contributed by atoms with E-state index >= 15 is 0 Å². The maximum absolute atomic E-state index is 9.17. The number of halogens is 1. The van der Waals surface area contributed by atoms with Crippen LogP contribution in [0.5, 0.6) is 0 Å². The first-order chi connectivity index (χ1) is 7.79. The Labute approximate surface area is 107 Å². The molecule has 0 radical (unpaired) electrons. The normalized spacial score (nSPS) is 10.4. The Balaban J connectivity index is 2.04. The fraction of sp³-hybridized carbons (Fsp3) is 0.167. The highest BCUT2D eigenvalue weighted by Crippen LogP contribution is 2.23. The van der Waals surface area contributed by atoms with Crippen LogP contribution in [0.4, 0.5) is 5.69 Å². The molecular formula is C12H12BrNOS. The predicted octanol–water partition coefficient (Wildman–Crippen LogP) is 3.62. The lowest BCUT2D eigenvalue weighted by Crippen LogP contribution is -2.00. The number of aliphatic hydroxyl groups excluding tert-OH is 1. The van der Waals surface area contributed by atoms with E-state index in [1.165, 1.54) is 4.88 Å². The summed E-state index contributed by atoms with van der Waals surface area (Å²) in [5.74, 6) is 0. The molecule has 16 heavy (non-hydrogen) atoms. The first kappa shape index (κ1) is 11.6. The lowest BCUT2D eigenvalue weighted by atomic mass is 10.2. The van der Waals surface area contributed by atoms with Crippen molar-refractivity contribution in [3.05, 3.63) is 50.6 Å². The second-order valence-corrected chi connectivity index (χ2v) is 5.92. The SMILES string of the molecule is OCc1ccccc1NCc1ccc(Br)s1. The fourth-order valence-electron chi connectivity index (χ4n) is 1.46. The summed E-state index contributed by atoms with van der Waals surface area (Å²) >= 11 is 5.15. The molecular weight excluding hydrogens is 286 g/mol. The molecule has 0 fully saturated rings. The van der Waals surface area contributed by atoms with Crippen LogP contribution in [0.1, 0.15) is 10.4 Å². The maximum Gasteiger partial charge on any atom is 0.0702 e. The van der Waals surface area contributed by atoms with Gasteiger partial charge in [0.1, 0.15) is 0 Å². The Bertz CT molecular complexity index is 470. The quantitative estimate of drug-likeness (QED) is 0.903. The van der Waals surface area contributed by atoms with Crippen LogP contribution in [0.15, 0.2) is 40.2 Å². The summed E-state index contributed by atoms with van der Waals surface area (Å²) in [7, 11) is 0. The fourth-order valence-corrected chi connectivity index (χ4v) is 2.88. The first-order valence-electron chi connectivity index (χ1n) is 4.96. The number of para-hydroxylation sites is 1. The number of anilines is 1. The molecule has 2 N–H and O–H groups in total. The van der Waals surface area contributed by atoms with Gasteiger partial charge in [0, 0.05) is 22.7 Å². The van der Waals surface area contributed by atoms with Gasteiger partial charge >= 0.3 is 0 Å². The van der Waals surface area contributed by atoms with E-state index in [1.807, 2.05) is 30.3 Å². The molecule has 2 nitrogen and oxygen atoms in total. The van der Waals surface area contributed by atoms with Crippen molar-refractivity contribution in [3.8, 4) is 0 Å². The molecule has 2 rings (SSSR count). The zero-order valence-electron chi connectivity index (χ0n) is 8.61. The van der Waals surface area contributed by atoms with Crippen LogP contribution in [-0.2, 0) is 13.2 Å². The summed E-state index contributed by atoms with van der Waals surface area (Å²) in [4.78, 5) is 1.26. The van der Waals surface area contributed by atoms with Crippen molar-refractivity contribution < 1.29 is 5.11 Å². The monoisotopic (exact) mass is 297 g/mol. The molecule has 0 saturated carbocycles. The summed E-state index contributed by atoms with van der Waals surface area (Å²) in [5, 5.41) is 12.5. The van der Waals surface area contributed by atoms with Crippen LogP contribution >= 0.6 is 27.3 Å². The van der Waals surface area contributed by atoms with Gasteiger partial charge in [0.25, 0.3) is 0 Å². The maximum atomic E-state index is 9.17. The third-order valence-electron chi connectivity index (χ3n) is 2.27. The summed E-state index contributed by atoms with van der Waals surface area (Å²) in [6.07, 6.45) is 0. The van der Waals surface area contributed by atoms with Gasteiger partial charge in [-0.3, -0.25) is 0 Å². The lowest BCUT2D eigenvalue weighted by molar-refractivity contribution is 0.282. The molecule has 4 heteroatoms. The number of hydrogen-bond acceptors (Lipinski definition) is 3. The summed E-state index contributed by atoms with van der Waals surface area (Å²) < 4.78 is 1.14. The van der Waals surface area contributed by atoms with Crippen molar-refractivity contribution in [2.75, 3.05) is 5.32 Å². The lowest BCUT2D eigenvalue weighted by Gasteiger charge is -2.08. The molecule has 0 aliphatic carbocycles. The van der Waals surface area contributed by atoms with E-state index in [1.54, 1.807) is 11.3 Å². The number of rotatable bonds is 4. The molecule has 0 atom stereocenters. The van der Waals surface area contributed by atoms with E-state index in [0.717, 1.165) is 21.6 Å². The Morgan fingerprint density at radius 3 is 2.69 bits per heavy atom. The molecule has 0 bridgehead atoms. The molecule has 1 aromatic carbocycles. The van der Waals surface area contributed by atoms with E-state index in [2.05, 4.69) is 27.3 Å². The average molecular weight is 298 g/mol. The minimum Gasteiger partial charge on any atom is -0.392 e. The van der Waals surface area contributed by atoms with Crippen LogP contribution in [0, 0.1) is 0 Å². The van der Waals surface area contributed by atoms with Crippen LogP contribution in [-0.4, -0.2) is 5.11 Å².